The van der Waals surface area contributed by atoms with Crippen LogP contribution >= 0.6 is 27.7 Å². The number of Topliss-reactive ketones (excluding diaryl/α,β-unsaturated/α-hetero) is 1. The molecule has 0 bridgehead atoms. The van der Waals surface area contributed by atoms with Crippen LogP contribution in [0.1, 0.15) is 36.4 Å². The number of halogens is 2. The van der Waals surface area contributed by atoms with Crippen molar-refractivity contribution in [3.63, 3.8) is 0 Å². The normalized spacial score (nSPS) is 18.1. The van der Waals surface area contributed by atoms with Crippen molar-refractivity contribution in [3.8, 4) is 0 Å². The molecule has 0 saturated carbocycles. The van der Waals surface area contributed by atoms with Crippen LogP contribution in [0.2, 0.25) is 0 Å². The van der Waals surface area contributed by atoms with E-state index in [0.717, 1.165) is 39.7 Å². The molecule has 2 aromatic carbocycles. The largest absolute Gasteiger partial charge is 0.328 e. The molecule has 8 heteroatoms. The number of nitrogens with zero attached hydrogens (tertiary/aromatic N) is 3. The smallest absolute Gasteiger partial charge is 0.227 e. The molecule has 2 heterocycles. The van der Waals surface area contributed by atoms with Crippen molar-refractivity contribution in [2.24, 2.45) is 0 Å². The number of aromatic nitrogens is 3. The van der Waals surface area contributed by atoms with Gasteiger partial charge in [0.25, 0.3) is 0 Å². The highest BCUT2D eigenvalue weighted by Crippen LogP contribution is 2.41. The zero-order valence-corrected chi connectivity index (χ0v) is 18.3. The topological polar surface area (TPSA) is 59.8 Å². The van der Waals surface area contributed by atoms with Crippen LogP contribution in [-0.2, 0) is 10.5 Å². The summed E-state index contributed by atoms with van der Waals surface area (Å²) >= 11 is 5.03. The van der Waals surface area contributed by atoms with Crippen LogP contribution in [-0.4, -0.2) is 20.5 Å². The van der Waals surface area contributed by atoms with Crippen molar-refractivity contribution >= 4 is 39.4 Å². The van der Waals surface area contributed by atoms with E-state index in [1.807, 2.05) is 28.9 Å². The molecule has 3 aromatic rings. The second-order valence-electron chi connectivity index (χ2n) is 7.33. The molecule has 1 unspecified atom stereocenters. The second-order valence-corrected chi connectivity index (χ2v) is 9.19. The van der Waals surface area contributed by atoms with Crippen LogP contribution in [0, 0.1) is 5.82 Å². The number of benzene rings is 2. The van der Waals surface area contributed by atoms with E-state index in [2.05, 4.69) is 26.2 Å². The van der Waals surface area contributed by atoms with Gasteiger partial charge in [-0.3, -0.25) is 4.79 Å². The maximum absolute atomic E-state index is 13.1. The third kappa shape index (κ3) is 3.70. The first-order valence-corrected chi connectivity index (χ1v) is 11.5. The highest BCUT2D eigenvalue weighted by Gasteiger charge is 2.36. The van der Waals surface area contributed by atoms with Crippen LogP contribution in [0.5, 0.6) is 0 Å². The van der Waals surface area contributed by atoms with E-state index in [-0.39, 0.29) is 17.6 Å². The van der Waals surface area contributed by atoms with Gasteiger partial charge in [0.1, 0.15) is 11.9 Å². The van der Waals surface area contributed by atoms with Crippen LogP contribution < -0.4 is 5.32 Å². The van der Waals surface area contributed by atoms with Gasteiger partial charge in [-0.05, 0) is 48.2 Å². The standard InChI is InChI=1S/C22H18BrFN4OS/c23-15-4-1-3-14(11-15)20-19-17(5-2-6-18(19)29)25-21-26-22(27-28(20)21)30-12-13-7-9-16(24)10-8-13/h1,3-4,7-11,20H,2,5-6,12H2,(H,25,26,27). The second kappa shape index (κ2) is 8.00. The van der Waals surface area contributed by atoms with E-state index >= 15 is 0 Å². The summed E-state index contributed by atoms with van der Waals surface area (Å²) in [6, 6.07) is 14.1. The van der Waals surface area contributed by atoms with Gasteiger partial charge in [-0.25, -0.2) is 9.07 Å². The molecule has 2 aliphatic rings. The highest BCUT2D eigenvalue weighted by molar-refractivity contribution is 9.10. The molecule has 1 N–H and O–H groups in total. The Balaban J connectivity index is 1.50. The van der Waals surface area contributed by atoms with Crippen molar-refractivity contribution in [2.45, 2.75) is 36.2 Å². The Kier molecular flexibility index (Phi) is 5.20. The zero-order chi connectivity index (χ0) is 20.7. The summed E-state index contributed by atoms with van der Waals surface area (Å²) in [6.45, 7) is 0. The Hall–Kier alpha value is -2.45. The number of hydrogen-bond donors (Lipinski definition) is 1. The van der Waals surface area contributed by atoms with Gasteiger partial charge >= 0.3 is 0 Å². The predicted molar refractivity (Wildman–Crippen MR) is 118 cm³/mol. The minimum Gasteiger partial charge on any atom is -0.328 e. The molecule has 5 rings (SSSR count). The summed E-state index contributed by atoms with van der Waals surface area (Å²) in [5, 5.41) is 8.69. The fraction of sp³-hybridized carbons (Fsp3) is 0.227. The quantitative estimate of drug-likeness (QED) is 0.495. The first-order valence-electron chi connectivity index (χ1n) is 9.71. The molecular formula is C22H18BrFN4OS. The number of carbonyl (C=O) groups excluding carboxylic acids is 1. The third-order valence-electron chi connectivity index (χ3n) is 5.29. The Bertz CT molecular complexity index is 1160. The number of rotatable bonds is 4. The average molecular weight is 485 g/mol. The van der Waals surface area contributed by atoms with Gasteiger partial charge < -0.3 is 5.32 Å². The minimum absolute atomic E-state index is 0.162. The van der Waals surface area contributed by atoms with E-state index in [0.29, 0.717) is 23.3 Å². The van der Waals surface area contributed by atoms with Gasteiger partial charge in [0.15, 0.2) is 5.78 Å². The molecule has 0 radical (unpaired) electrons. The molecule has 5 nitrogen and oxygen atoms in total. The third-order valence-corrected chi connectivity index (χ3v) is 6.70. The molecular weight excluding hydrogens is 467 g/mol. The fourth-order valence-electron chi connectivity index (χ4n) is 3.91. The van der Waals surface area contributed by atoms with Gasteiger partial charge in [0.2, 0.25) is 11.1 Å². The Morgan fingerprint density at radius 2 is 2.03 bits per heavy atom. The molecule has 0 spiro atoms. The Labute approximate surface area is 185 Å². The number of ketones is 1. The first-order chi connectivity index (χ1) is 14.6. The van der Waals surface area contributed by atoms with Gasteiger partial charge in [0, 0.05) is 27.9 Å². The Morgan fingerprint density at radius 3 is 2.83 bits per heavy atom. The van der Waals surface area contributed by atoms with Crippen molar-refractivity contribution in [1.29, 1.82) is 0 Å². The van der Waals surface area contributed by atoms with Crippen LogP contribution in [0.25, 0.3) is 0 Å². The maximum atomic E-state index is 13.1. The predicted octanol–water partition coefficient (Wildman–Crippen LogP) is 5.49. The lowest BCUT2D eigenvalue weighted by Gasteiger charge is -2.32. The van der Waals surface area contributed by atoms with E-state index in [9.17, 15) is 9.18 Å². The lowest BCUT2D eigenvalue weighted by atomic mass is 9.85. The maximum Gasteiger partial charge on any atom is 0.227 e. The van der Waals surface area contributed by atoms with E-state index in [1.165, 1.54) is 23.9 Å². The zero-order valence-electron chi connectivity index (χ0n) is 15.9. The lowest BCUT2D eigenvalue weighted by Crippen LogP contribution is -2.31. The molecule has 0 fully saturated rings. The number of nitrogens with one attached hydrogen (secondary N) is 1. The molecule has 0 saturated heterocycles. The lowest BCUT2D eigenvalue weighted by molar-refractivity contribution is -0.116. The van der Waals surface area contributed by atoms with E-state index in [1.54, 1.807) is 12.1 Å². The average Bonchev–Trinajstić information content (AvgIpc) is 3.14. The summed E-state index contributed by atoms with van der Waals surface area (Å²) in [5.74, 6) is 1.20. The molecule has 1 atom stereocenters. The number of hydrogen-bond acceptors (Lipinski definition) is 5. The molecule has 1 aliphatic carbocycles. The van der Waals surface area contributed by atoms with Crippen LogP contribution in [0.4, 0.5) is 10.3 Å². The SMILES string of the molecule is O=C1CCCC2=C1C(c1cccc(Br)c1)n1nc(SCc3ccc(F)cc3)nc1N2. The monoisotopic (exact) mass is 484 g/mol. The van der Waals surface area contributed by atoms with E-state index < -0.39 is 0 Å². The highest BCUT2D eigenvalue weighted by atomic mass is 79.9. The summed E-state index contributed by atoms with van der Waals surface area (Å²) in [4.78, 5) is 17.5. The van der Waals surface area contributed by atoms with E-state index in [4.69, 9.17) is 5.10 Å². The van der Waals surface area contributed by atoms with Gasteiger partial charge in [-0.1, -0.05) is 52.0 Å². The number of allylic oxidation sites excluding steroid dienone is 2. The number of thioether (sulfide) groups is 1. The van der Waals surface area contributed by atoms with Gasteiger partial charge in [-0.2, -0.15) is 4.98 Å². The van der Waals surface area contributed by atoms with Crippen molar-refractivity contribution in [3.05, 3.63) is 81.2 Å². The summed E-state index contributed by atoms with van der Waals surface area (Å²) in [5.41, 5.74) is 3.73. The molecule has 1 aliphatic heterocycles. The van der Waals surface area contributed by atoms with Crippen molar-refractivity contribution < 1.29 is 9.18 Å². The molecule has 1 aromatic heterocycles. The van der Waals surface area contributed by atoms with Gasteiger partial charge in [0.05, 0.1) is 0 Å². The molecule has 30 heavy (non-hydrogen) atoms. The van der Waals surface area contributed by atoms with Gasteiger partial charge in [-0.15, -0.1) is 5.10 Å². The van der Waals surface area contributed by atoms with Crippen molar-refractivity contribution in [1.82, 2.24) is 14.8 Å². The van der Waals surface area contributed by atoms with Crippen LogP contribution in [0.3, 0.4) is 0 Å². The minimum atomic E-state index is -0.297. The first kappa shape index (κ1) is 19.5. The fourth-order valence-corrected chi connectivity index (χ4v) is 5.11. The molecule has 152 valence electrons. The van der Waals surface area contributed by atoms with Crippen LogP contribution in [0.15, 0.2) is 69.4 Å². The Morgan fingerprint density at radius 1 is 1.20 bits per heavy atom. The summed E-state index contributed by atoms with van der Waals surface area (Å²) in [7, 11) is 0. The molecule has 0 amide bonds. The van der Waals surface area contributed by atoms with Crippen molar-refractivity contribution in [2.75, 3.05) is 5.32 Å². The number of fused-ring (bicyclic) bond motifs is 1. The number of carbonyl (C=O) groups is 1. The number of anilines is 1. The summed E-state index contributed by atoms with van der Waals surface area (Å²) in [6.07, 6.45) is 2.23. The summed E-state index contributed by atoms with van der Waals surface area (Å²) < 4.78 is 15.9.